The largest absolute Gasteiger partial charge is 0.494 e. The minimum atomic E-state index is -0.530. The predicted molar refractivity (Wildman–Crippen MR) is 127 cm³/mol. The number of para-hydroxylation sites is 1. The van der Waals surface area contributed by atoms with E-state index in [9.17, 15) is 4.79 Å². The quantitative estimate of drug-likeness (QED) is 0.445. The van der Waals surface area contributed by atoms with Gasteiger partial charge in [0, 0.05) is 10.6 Å². The Kier molecular flexibility index (Phi) is 6.99. The lowest BCUT2D eigenvalue weighted by Gasteiger charge is -2.32. The number of carbonyl (C=O) groups excluding carboxylic acids is 1. The number of halogens is 1. The fourth-order valence-corrected chi connectivity index (χ4v) is 3.62. The molecular weight excluding hydrogens is 427 g/mol. The molecule has 0 N–H and O–H groups in total. The number of rotatable bonds is 6. The Hall–Kier alpha value is -2.02. The van der Waals surface area contributed by atoms with Crippen LogP contribution in [0.4, 0.5) is 0 Å². The Balaban J connectivity index is 1.73. The van der Waals surface area contributed by atoms with Gasteiger partial charge in [0.1, 0.15) is 18.0 Å². The molecule has 3 rings (SSSR count). The summed E-state index contributed by atoms with van der Waals surface area (Å²) < 4.78 is 23.8. The molecule has 172 valence electrons. The number of ether oxygens (including phenoxy) is 2. The van der Waals surface area contributed by atoms with Crippen molar-refractivity contribution in [3.05, 3.63) is 58.6 Å². The van der Waals surface area contributed by atoms with Crippen molar-refractivity contribution in [3.63, 3.8) is 0 Å². The number of benzene rings is 2. The van der Waals surface area contributed by atoms with Crippen molar-refractivity contribution in [2.45, 2.75) is 78.3 Å². The van der Waals surface area contributed by atoms with Gasteiger partial charge < -0.3 is 18.8 Å². The van der Waals surface area contributed by atoms with Crippen molar-refractivity contribution < 1.29 is 23.6 Å². The van der Waals surface area contributed by atoms with Crippen LogP contribution in [-0.2, 0) is 31.9 Å². The molecule has 1 saturated heterocycles. The zero-order chi connectivity index (χ0) is 23.7. The Morgan fingerprint density at radius 2 is 1.66 bits per heavy atom. The second-order valence-corrected chi connectivity index (χ2v) is 10.6. The Bertz CT molecular complexity index is 965. The van der Waals surface area contributed by atoms with Crippen LogP contribution >= 0.6 is 11.6 Å². The standard InChI is InChI=1S/C25H32BClO5/c1-23(2,3)30-22(28)14-18-10-8-9-11-21(18)29-16-17-12-19(15-20(27)13-17)26-31-24(4,5)25(6,7)32-26/h8-13,15H,14,16H2,1-7H3. The molecular formula is C25H32BClO5. The monoisotopic (exact) mass is 458 g/mol. The van der Waals surface area contributed by atoms with Crippen LogP contribution in [-0.4, -0.2) is 29.9 Å². The van der Waals surface area contributed by atoms with Gasteiger partial charge in [-0.15, -0.1) is 0 Å². The highest BCUT2D eigenvalue weighted by atomic mass is 35.5. The minimum absolute atomic E-state index is 0.141. The molecule has 0 amide bonds. The van der Waals surface area contributed by atoms with Crippen LogP contribution in [0.5, 0.6) is 5.75 Å². The summed E-state index contributed by atoms with van der Waals surface area (Å²) >= 11 is 6.39. The van der Waals surface area contributed by atoms with E-state index in [1.54, 1.807) is 0 Å². The molecule has 0 saturated carbocycles. The fraction of sp³-hybridized carbons (Fsp3) is 0.480. The number of hydrogen-bond acceptors (Lipinski definition) is 5. The third-order valence-corrected chi connectivity index (χ3v) is 5.85. The predicted octanol–water partition coefficient (Wildman–Crippen LogP) is 5.10. The van der Waals surface area contributed by atoms with Gasteiger partial charge in [-0.25, -0.2) is 0 Å². The van der Waals surface area contributed by atoms with Gasteiger partial charge >= 0.3 is 13.1 Å². The molecule has 1 heterocycles. The molecule has 2 aromatic rings. The second-order valence-electron chi connectivity index (χ2n) is 10.1. The Morgan fingerprint density at radius 3 is 2.28 bits per heavy atom. The van der Waals surface area contributed by atoms with Crippen LogP contribution in [0, 0.1) is 0 Å². The third kappa shape index (κ3) is 6.06. The normalized spacial score (nSPS) is 17.3. The highest BCUT2D eigenvalue weighted by Gasteiger charge is 2.51. The summed E-state index contributed by atoms with van der Waals surface area (Å²) in [6.07, 6.45) is 0.141. The van der Waals surface area contributed by atoms with E-state index in [0.717, 1.165) is 16.6 Å². The average molecular weight is 459 g/mol. The molecule has 1 aliphatic heterocycles. The maximum Gasteiger partial charge on any atom is 0.494 e. The van der Waals surface area contributed by atoms with Crippen LogP contribution in [0.2, 0.25) is 5.02 Å². The van der Waals surface area contributed by atoms with Crippen molar-refractivity contribution in [2.75, 3.05) is 0 Å². The third-order valence-electron chi connectivity index (χ3n) is 5.63. The SMILES string of the molecule is CC(C)(C)OC(=O)Cc1ccccc1OCc1cc(Cl)cc(B2OC(C)(C)C(C)(C)O2)c1. The van der Waals surface area contributed by atoms with Crippen molar-refractivity contribution in [1.29, 1.82) is 0 Å². The van der Waals surface area contributed by atoms with Crippen molar-refractivity contribution >= 4 is 30.2 Å². The molecule has 0 unspecified atom stereocenters. The molecule has 32 heavy (non-hydrogen) atoms. The molecule has 0 aromatic heterocycles. The van der Waals surface area contributed by atoms with Crippen molar-refractivity contribution in [1.82, 2.24) is 0 Å². The molecule has 7 heteroatoms. The average Bonchev–Trinajstić information content (AvgIpc) is 2.86. The summed E-state index contributed by atoms with van der Waals surface area (Å²) in [5.74, 6) is 0.342. The van der Waals surface area contributed by atoms with E-state index in [1.807, 2.05) is 90.9 Å². The summed E-state index contributed by atoms with van der Waals surface area (Å²) in [6, 6.07) is 13.2. The van der Waals surface area contributed by atoms with Crippen LogP contribution in [0.25, 0.3) is 0 Å². The molecule has 0 aliphatic carbocycles. The zero-order valence-electron chi connectivity index (χ0n) is 20.0. The van der Waals surface area contributed by atoms with Gasteiger partial charge in [-0.3, -0.25) is 4.79 Å². The van der Waals surface area contributed by atoms with Gasteiger partial charge in [-0.2, -0.15) is 0 Å². The van der Waals surface area contributed by atoms with Crippen LogP contribution < -0.4 is 10.2 Å². The van der Waals surface area contributed by atoms with E-state index in [1.165, 1.54) is 0 Å². The van der Waals surface area contributed by atoms with Gasteiger partial charge in [0.2, 0.25) is 0 Å². The smallest absolute Gasteiger partial charge is 0.489 e. The molecule has 0 bridgehead atoms. The summed E-state index contributed by atoms with van der Waals surface area (Å²) in [5, 5.41) is 0.581. The first-order chi connectivity index (χ1) is 14.8. The lowest BCUT2D eigenvalue weighted by molar-refractivity contribution is -0.153. The topological polar surface area (TPSA) is 54.0 Å². The van der Waals surface area contributed by atoms with Gasteiger partial charge in [-0.05, 0) is 77.7 Å². The van der Waals surface area contributed by atoms with Crippen molar-refractivity contribution in [2.24, 2.45) is 0 Å². The zero-order valence-corrected chi connectivity index (χ0v) is 20.7. The van der Waals surface area contributed by atoms with Crippen LogP contribution in [0.3, 0.4) is 0 Å². The van der Waals surface area contributed by atoms with Crippen LogP contribution in [0.15, 0.2) is 42.5 Å². The molecule has 1 fully saturated rings. The van der Waals surface area contributed by atoms with Gasteiger partial charge in [0.05, 0.1) is 17.6 Å². The first kappa shape index (κ1) is 24.6. The molecule has 0 atom stereocenters. The van der Waals surface area contributed by atoms with E-state index in [4.69, 9.17) is 30.4 Å². The summed E-state index contributed by atoms with van der Waals surface area (Å²) in [4.78, 5) is 12.3. The minimum Gasteiger partial charge on any atom is -0.489 e. The molecule has 1 aliphatic rings. The first-order valence-corrected chi connectivity index (χ1v) is 11.2. The summed E-state index contributed by atoms with van der Waals surface area (Å²) in [5.41, 5.74) is 1.10. The summed E-state index contributed by atoms with van der Waals surface area (Å²) in [6.45, 7) is 13.9. The second kappa shape index (κ2) is 9.09. The lowest BCUT2D eigenvalue weighted by atomic mass is 9.78. The van der Waals surface area contributed by atoms with Gasteiger partial charge in [-0.1, -0.05) is 35.9 Å². The van der Waals surface area contributed by atoms with Gasteiger partial charge in [0.15, 0.2) is 0 Å². The maximum atomic E-state index is 12.3. The lowest BCUT2D eigenvalue weighted by Crippen LogP contribution is -2.41. The highest BCUT2D eigenvalue weighted by Crippen LogP contribution is 2.36. The first-order valence-electron chi connectivity index (χ1n) is 10.8. The molecule has 0 spiro atoms. The Morgan fingerprint density at radius 1 is 1.03 bits per heavy atom. The van der Waals surface area contributed by atoms with Gasteiger partial charge in [0.25, 0.3) is 0 Å². The fourth-order valence-electron chi connectivity index (χ4n) is 3.36. The molecule has 2 aromatic carbocycles. The van der Waals surface area contributed by atoms with Crippen LogP contribution in [0.1, 0.15) is 59.6 Å². The number of carbonyl (C=O) groups is 1. The number of hydrogen-bond donors (Lipinski definition) is 0. The Labute approximate surface area is 196 Å². The highest BCUT2D eigenvalue weighted by molar-refractivity contribution is 6.62. The molecule has 0 radical (unpaired) electrons. The van der Waals surface area contributed by atoms with Crippen molar-refractivity contribution in [3.8, 4) is 5.75 Å². The summed E-state index contributed by atoms with van der Waals surface area (Å²) in [7, 11) is -0.503. The van der Waals surface area contributed by atoms with E-state index in [-0.39, 0.29) is 12.4 Å². The number of esters is 1. The van der Waals surface area contributed by atoms with E-state index in [0.29, 0.717) is 17.4 Å². The maximum absolute atomic E-state index is 12.3. The van der Waals surface area contributed by atoms with E-state index < -0.39 is 23.9 Å². The van der Waals surface area contributed by atoms with E-state index in [2.05, 4.69) is 0 Å². The molecule has 5 nitrogen and oxygen atoms in total. The van der Waals surface area contributed by atoms with E-state index >= 15 is 0 Å².